The van der Waals surface area contributed by atoms with E-state index in [2.05, 4.69) is 10.6 Å². The van der Waals surface area contributed by atoms with Crippen LogP contribution in [0.4, 0.5) is 10.5 Å². The highest BCUT2D eigenvalue weighted by Crippen LogP contribution is 2.31. The van der Waals surface area contributed by atoms with Gasteiger partial charge in [0.25, 0.3) is 11.8 Å². The number of carboxylic acid groups (broad SMARTS) is 1. The number of rotatable bonds is 15. The van der Waals surface area contributed by atoms with E-state index in [9.17, 15) is 49.2 Å². The van der Waals surface area contributed by atoms with Gasteiger partial charge in [-0.2, -0.15) is 0 Å². The highest BCUT2D eigenvalue weighted by molar-refractivity contribution is 6.12. The van der Waals surface area contributed by atoms with Crippen LogP contribution in [-0.2, 0) is 40.1 Å². The molecule has 17 nitrogen and oxygen atoms in total. The molecule has 0 aromatic heterocycles. The number of carboxylic acids is 1. The number of carbonyl (C=O) groups is 6. The minimum absolute atomic E-state index is 0.0136. The molecule has 5 amide bonds. The maximum absolute atomic E-state index is 12.7. The number of amides is 5. The van der Waals surface area contributed by atoms with Crippen LogP contribution in [0.2, 0.25) is 0 Å². The smallest absolute Gasteiger partial charge is 0.404 e. The molecule has 1 aromatic rings. The van der Waals surface area contributed by atoms with Gasteiger partial charge in [0.05, 0.1) is 5.69 Å². The van der Waals surface area contributed by atoms with E-state index in [4.69, 9.17) is 19.9 Å². The SMILES string of the molecule is NC(=O)OCc1ccc(O[C@@H]2O[C@H](C(=O)O)[C@@H](O)[C@H](O)[C@H]2O)c(NC(=O)CCNC(=O)CCCCCN2C(=O)C=CC2=O)c1. The number of nitrogens with zero attached hydrogens (tertiary/aromatic N) is 1. The van der Waals surface area contributed by atoms with Crippen molar-refractivity contribution in [1.82, 2.24) is 10.2 Å². The van der Waals surface area contributed by atoms with Gasteiger partial charge in [0.1, 0.15) is 30.7 Å². The van der Waals surface area contributed by atoms with E-state index in [1.807, 2.05) is 0 Å². The van der Waals surface area contributed by atoms with Crippen LogP contribution in [0.5, 0.6) is 5.75 Å². The number of nitrogens with two attached hydrogens (primary N) is 1. The zero-order valence-electron chi connectivity index (χ0n) is 23.4. The summed E-state index contributed by atoms with van der Waals surface area (Å²) in [5, 5.41) is 44.7. The molecule has 0 spiro atoms. The molecule has 0 bridgehead atoms. The number of aliphatic carboxylic acids is 1. The molecule has 0 saturated carbocycles. The van der Waals surface area contributed by atoms with E-state index < -0.39 is 48.7 Å². The molecule has 44 heavy (non-hydrogen) atoms. The molecule has 17 heteroatoms. The lowest BCUT2D eigenvalue weighted by atomic mass is 9.99. The van der Waals surface area contributed by atoms with Gasteiger partial charge in [-0.1, -0.05) is 12.5 Å². The van der Waals surface area contributed by atoms with Crippen molar-refractivity contribution in [3.63, 3.8) is 0 Å². The first kappa shape index (κ1) is 33.9. The predicted octanol–water partition coefficient (Wildman–Crippen LogP) is -1.52. The summed E-state index contributed by atoms with van der Waals surface area (Å²) in [6, 6.07) is 4.07. The molecule has 0 aliphatic carbocycles. The van der Waals surface area contributed by atoms with Crippen LogP contribution >= 0.6 is 0 Å². The summed E-state index contributed by atoms with van der Waals surface area (Å²) in [7, 11) is 0. The Morgan fingerprint density at radius 2 is 1.64 bits per heavy atom. The van der Waals surface area contributed by atoms with Crippen LogP contribution in [0, 0.1) is 0 Å². The number of ether oxygens (including phenoxy) is 3. The largest absolute Gasteiger partial charge is 0.479 e. The average molecular weight is 623 g/mol. The van der Waals surface area contributed by atoms with E-state index >= 15 is 0 Å². The molecular formula is C27H34N4O13. The number of nitrogens with one attached hydrogen (secondary N) is 2. The molecule has 1 saturated heterocycles. The topological polar surface area (TPSA) is 264 Å². The second-order valence-electron chi connectivity index (χ2n) is 9.91. The molecule has 0 unspecified atom stereocenters. The summed E-state index contributed by atoms with van der Waals surface area (Å²) in [5.41, 5.74) is 5.34. The highest BCUT2D eigenvalue weighted by Gasteiger charge is 2.48. The zero-order chi connectivity index (χ0) is 32.4. The first-order valence-electron chi connectivity index (χ1n) is 13.6. The number of unbranched alkanes of at least 4 members (excludes halogenated alkanes) is 2. The minimum atomic E-state index is -1.94. The highest BCUT2D eigenvalue weighted by atomic mass is 16.7. The van der Waals surface area contributed by atoms with Gasteiger partial charge < -0.3 is 51.0 Å². The Balaban J connectivity index is 1.52. The number of aliphatic hydroxyl groups is 3. The molecule has 1 aromatic carbocycles. The fourth-order valence-electron chi connectivity index (χ4n) is 4.30. The van der Waals surface area contributed by atoms with Crippen LogP contribution < -0.4 is 21.1 Å². The van der Waals surface area contributed by atoms with Crippen molar-refractivity contribution >= 4 is 41.4 Å². The summed E-state index contributed by atoms with van der Waals surface area (Å²) < 4.78 is 15.4. The van der Waals surface area contributed by atoms with Gasteiger partial charge in [0, 0.05) is 38.1 Å². The van der Waals surface area contributed by atoms with E-state index in [-0.39, 0.29) is 61.7 Å². The van der Waals surface area contributed by atoms with Crippen LogP contribution in [0.25, 0.3) is 0 Å². The number of benzene rings is 1. The third kappa shape index (κ3) is 9.46. The molecule has 0 radical (unpaired) electrons. The number of aliphatic hydroxyl groups excluding tert-OH is 3. The Kier molecular flexibility index (Phi) is 12.2. The Morgan fingerprint density at radius 3 is 2.30 bits per heavy atom. The van der Waals surface area contributed by atoms with E-state index in [1.165, 1.54) is 30.4 Å². The second kappa shape index (κ2) is 15.8. The normalized spacial score (nSPS) is 22.9. The first-order valence-corrected chi connectivity index (χ1v) is 13.6. The number of carbonyl (C=O) groups excluding carboxylic acids is 5. The maximum atomic E-state index is 12.7. The third-order valence-corrected chi connectivity index (χ3v) is 6.62. The monoisotopic (exact) mass is 622 g/mol. The number of imide groups is 1. The van der Waals surface area contributed by atoms with Gasteiger partial charge >= 0.3 is 12.1 Å². The van der Waals surface area contributed by atoms with E-state index in [0.29, 0.717) is 24.8 Å². The van der Waals surface area contributed by atoms with Crippen molar-refractivity contribution in [2.75, 3.05) is 18.4 Å². The molecule has 2 aliphatic rings. The van der Waals surface area contributed by atoms with Gasteiger partial charge in [-0.25, -0.2) is 9.59 Å². The quantitative estimate of drug-likeness (QED) is 0.0867. The van der Waals surface area contributed by atoms with Gasteiger partial charge in [-0.05, 0) is 30.5 Å². The zero-order valence-corrected chi connectivity index (χ0v) is 23.4. The fraction of sp³-hybridized carbons (Fsp3) is 0.481. The lowest BCUT2D eigenvalue weighted by molar-refractivity contribution is -0.271. The molecule has 3 rings (SSSR count). The Labute approximate surface area is 250 Å². The van der Waals surface area contributed by atoms with Crippen molar-refractivity contribution in [2.45, 2.75) is 69.4 Å². The van der Waals surface area contributed by atoms with E-state index in [0.717, 1.165) is 4.90 Å². The van der Waals surface area contributed by atoms with Gasteiger partial charge in [0.15, 0.2) is 6.10 Å². The predicted molar refractivity (Wildman–Crippen MR) is 146 cm³/mol. The first-order chi connectivity index (χ1) is 20.9. The van der Waals surface area contributed by atoms with Crippen LogP contribution in [-0.4, -0.2) is 105 Å². The standard InChI is InChI=1S/C27H34N4O13/c28-27(41)42-13-14-5-6-16(43-26-23(38)21(36)22(37)24(44-26)25(39)40)15(12-14)30-18(33)9-10-29-17(32)4-2-1-3-11-31-19(34)7-8-20(31)35/h5-8,12,21-24,26,36-38H,1-4,9-11,13H2,(H2,28,41)(H,29,32)(H,30,33)(H,39,40)/t21-,22-,23+,24-,26+/m0/s1. The molecule has 2 heterocycles. The van der Waals surface area contributed by atoms with Crippen LogP contribution in [0.1, 0.15) is 37.7 Å². The summed E-state index contributed by atoms with van der Waals surface area (Å²) in [6.45, 7) is -0.0320. The molecular weight excluding hydrogens is 588 g/mol. The van der Waals surface area contributed by atoms with Crippen LogP contribution in [0.3, 0.4) is 0 Å². The van der Waals surface area contributed by atoms with Gasteiger partial charge in [0.2, 0.25) is 18.1 Å². The summed E-state index contributed by atoms with van der Waals surface area (Å²) in [4.78, 5) is 71.4. The second-order valence-corrected chi connectivity index (χ2v) is 9.91. The lowest BCUT2D eigenvalue weighted by Gasteiger charge is -2.38. The molecule has 2 aliphatic heterocycles. The van der Waals surface area contributed by atoms with E-state index in [1.54, 1.807) is 0 Å². The fourth-order valence-corrected chi connectivity index (χ4v) is 4.30. The average Bonchev–Trinajstić information content (AvgIpc) is 3.29. The summed E-state index contributed by atoms with van der Waals surface area (Å²) >= 11 is 0. The van der Waals surface area contributed by atoms with Crippen molar-refractivity contribution in [1.29, 1.82) is 0 Å². The minimum Gasteiger partial charge on any atom is -0.479 e. The van der Waals surface area contributed by atoms with Crippen molar-refractivity contribution in [3.8, 4) is 5.75 Å². The summed E-state index contributed by atoms with van der Waals surface area (Å²) in [5.74, 6) is -3.35. The lowest BCUT2D eigenvalue weighted by Crippen LogP contribution is -2.61. The van der Waals surface area contributed by atoms with Crippen molar-refractivity contribution in [3.05, 3.63) is 35.9 Å². The molecule has 5 atom stereocenters. The Morgan fingerprint density at radius 1 is 0.932 bits per heavy atom. The van der Waals surface area contributed by atoms with Gasteiger partial charge in [-0.15, -0.1) is 0 Å². The number of primary amides is 1. The van der Waals surface area contributed by atoms with Crippen molar-refractivity contribution < 1.29 is 63.4 Å². The van der Waals surface area contributed by atoms with Crippen molar-refractivity contribution in [2.24, 2.45) is 5.73 Å². The van der Waals surface area contributed by atoms with Crippen LogP contribution in [0.15, 0.2) is 30.4 Å². The molecule has 240 valence electrons. The number of anilines is 1. The summed E-state index contributed by atoms with van der Waals surface area (Å²) in [6.07, 6.45) is -6.38. The number of hydrogen-bond donors (Lipinski definition) is 7. The molecule has 8 N–H and O–H groups in total. The number of hydrogen-bond acceptors (Lipinski definition) is 12. The van der Waals surface area contributed by atoms with Gasteiger partial charge in [-0.3, -0.25) is 24.1 Å². The Bertz CT molecular complexity index is 1270. The third-order valence-electron chi connectivity index (χ3n) is 6.62. The Hall–Kier alpha value is -4.58. The maximum Gasteiger partial charge on any atom is 0.404 e. The molecule has 1 fully saturated rings.